The smallest absolute Gasteiger partial charge is 0.161 e. The monoisotopic (exact) mass is 237 g/mol. The summed E-state index contributed by atoms with van der Waals surface area (Å²) in [4.78, 5) is 7.45. The molecule has 1 aliphatic heterocycles. The molecule has 1 aromatic carbocycles. The quantitative estimate of drug-likeness (QED) is 0.797. The molecule has 0 saturated carbocycles. The van der Waals surface area contributed by atoms with Crippen molar-refractivity contribution >= 4 is 11.0 Å². The fourth-order valence-electron chi connectivity index (χ4n) is 2.31. The minimum Gasteiger partial charge on any atom is -0.341 e. The summed E-state index contributed by atoms with van der Waals surface area (Å²) in [5.74, 6) is -0.907. The number of nitrogens with one attached hydrogen (secondary N) is 2. The van der Waals surface area contributed by atoms with Crippen LogP contribution in [0.5, 0.6) is 0 Å². The van der Waals surface area contributed by atoms with Gasteiger partial charge in [0.05, 0.1) is 11.0 Å². The highest BCUT2D eigenvalue weighted by molar-refractivity contribution is 5.75. The molecule has 1 fully saturated rings. The fourth-order valence-corrected chi connectivity index (χ4v) is 2.31. The molecule has 0 bridgehead atoms. The number of hydrogen-bond donors (Lipinski definition) is 2. The van der Waals surface area contributed by atoms with E-state index in [-0.39, 0.29) is 5.41 Å². The van der Waals surface area contributed by atoms with Gasteiger partial charge in [0, 0.05) is 24.1 Å². The third kappa shape index (κ3) is 1.61. The maximum absolute atomic E-state index is 13.1. The Morgan fingerprint density at radius 3 is 2.76 bits per heavy atom. The number of benzene rings is 1. The van der Waals surface area contributed by atoms with E-state index < -0.39 is 11.6 Å². The van der Waals surface area contributed by atoms with Crippen molar-refractivity contribution in [3.63, 3.8) is 0 Å². The number of aromatic nitrogens is 2. The first-order chi connectivity index (χ1) is 8.08. The predicted octanol–water partition coefficient (Wildman–Crippen LogP) is 2.09. The molecule has 90 valence electrons. The van der Waals surface area contributed by atoms with Gasteiger partial charge in [0.15, 0.2) is 11.6 Å². The number of imidazole rings is 1. The topological polar surface area (TPSA) is 40.7 Å². The van der Waals surface area contributed by atoms with Crippen molar-refractivity contribution in [2.75, 3.05) is 13.1 Å². The van der Waals surface area contributed by atoms with E-state index in [0.29, 0.717) is 11.0 Å². The molecule has 0 aliphatic carbocycles. The Hall–Kier alpha value is -1.49. The van der Waals surface area contributed by atoms with E-state index in [2.05, 4.69) is 22.2 Å². The molecule has 0 radical (unpaired) electrons. The van der Waals surface area contributed by atoms with E-state index in [4.69, 9.17) is 0 Å². The van der Waals surface area contributed by atoms with E-state index in [1.54, 1.807) is 0 Å². The lowest BCUT2D eigenvalue weighted by Crippen LogP contribution is -2.26. The minimum absolute atomic E-state index is 0.0774. The maximum atomic E-state index is 13.1. The molecule has 2 heterocycles. The average Bonchev–Trinajstić information content (AvgIpc) is 2.87. The van der Waals surface area contributed by atoms with E-state index in [9.17, 15) is 8.78 Å². The molecule has 3 rings (SSSR count). The Balaban J connectivity index is 2.13. The summed E-state index contributed by atoms with van der Waals surface area (Å²) in [5.41, 5.74) is 0.949. The molecule has 1 atom stereocenters. The van der Waals surface area contributed by atoms with Crippen molar-refractivity contribution in [1.82, 2.24) is 15.3 Å². The van der Waals surface area contributed by atoms with Crippen molar-refractivity contribution in [1.29, 1.82) is 0 Å². The van der Waals surface area contributed by atoms with Gasteiger partial charge in [0.1, 0.15) is 5.82 Å². The normalized spacial score (nSPS) is 24.6. The van der Waals surface area contributed by atoms with Gasteiger partial charge < -0.3 is 10.3 Å². The first-order valence-electron chi connectivity index (χ1n) is 5.64. The predicted molar refractivity (Wildman–Crippen MR) is 60.8 cm³/mol. The number of H-pyrrole nitrogens is 1. The largest absolute Gasteiger partial charge is 0.341 e. The number of aromatic amines is 1. The van der Waals surface area contributed by atoms with Crippen LogP contribution < -0.4 is 5.32 Å². The van der Waals surface area contributed by atoms with Gasteiger partial charge in [0.25, 0.3) is 0 Å². The molecule has 2 N–H and O–H groups in total. The van der Waals surface area contributed by atoms with Gasteiger partial charge >= 0.3 is 0 Å². The molecule has 5 heteroatoms. The Kier molecular flexibility index (Phi) is 2.19. The number of halogens is 2. The molecule has 3 nitrogen and oxygen atoms in total. The molecule has 1 saturated heterocycles. The summed E-state index contributed by atoms with van der Waals surface area (Å²) >= 11 is 0. The van der Waals surface area contributed by atoms with Crippen LogP contribution >= 0.6 is 0 Å². The molecule has 17 heavy (non-hydrogen) atoms. The first-order valence-corrected chi connectivity index (χ1v) is 5.64. The van der Waals surface area contributed by atoms with Gasteiger partial charge in [-0.05, 0) is 13.0 Å². The van der Waals surface area contributed by atoms with E-state index in [1.807, 2.05) is 0 Å². The summed E-state index contributed by atoms with van der Waals surface area (Å²) in [7, 11) is 0. The zero-order valence-corrected chi connectivity index (χ0v) is 9.48. The second kappa shape index (κ2) is 3.50. The standard InChI is InChI=1S/C12H13F2N3/c1-12(2-3-15-6-12)11-16-9-4-7(13)8(14)5-10(9)17-11/h4-5,15H,2-3,6H2,1H3,(H,16,17). The number of fused-ring (bicyclic) bond motifs is 1. The summed E-state index contributed by atoms with van der Waals surface area (Å²) < 4.78 is 26.2. The highest BCUT2D eigenvalue weighted by Crippen LogP contribution is 2.29. The minimum atomic E-state index is -0.856. The lowest BCUT2D eigenvalue weighted by molar-refractivity contribution is 0.496. The lowest BCUT2D eigenvalue weighted by atomic mass is 9.89. The zero-order chi connectivity index (χ0) is 12.0. The third-order valence-corrected chi connectivity index (χ3v) is 3.46. The fraction of sp³-hybridized carbons (Fsp3) is 0.417. The Morgan fingerprint density at radius 2 is 2.06 bits per heavy atom. The van der Waals surface area contributed by atoms with Crippen LogP contribution in [0.25, 0.3) is 11.0 Å². The Labute approximate surface area is 97.2 Å². The lowest BCUT2D eigenvalue weighted by Gasteiger charge is -2.18. The van der Waals surface area contributed by atoms with Gasteiger partial charge in [0.2, 0.25) is 0 Å². The van der Waals surface area contributed by atoms with Gasteiger partial charge in [-0.1, -0.05) is 6.92 Å². The molecule has 1 aliphatic rings. The molecule has 1 aromatic heterocycles. The van der Waals surface area contributed by atoms with Crippen LogP contribution in [-0.4, -0.2) is 23.1 Å². The van der Waals surface area contributed by atoms with Crippen molar-refractivity contribution in [3.05, 3.63) is 29.6 Å². The van der Waals surface area contributed by atoms with Crippen LogP contribution in [0.15, 0.2) is 12.1 Å². The van der Waals surface area contributed by atoms with Crippen LogP contribution in [0, 0.1) is 11.6 Å². The molecular weight excluding hydrogens is 224 g/mol. The molecule has 0 amide bonds. The highest BCUT2D eigenvalue weighted by Gasteiger charge is 2.33. The van der Waals surface area contributed by atoms with Crippen molar-refractivity contribution < 1.29 is 8.78 Å². The summed E-state index contributed by atoms with van der Waals surface area (Å²) in [6, 6.07) is 2.29. The van der Waals surface area contributed by atoms with Gasteiger partial charge in [-0.15, -0.1) is 0 Å². The van der Waals surface area contributed by atoms with Gasteiger partial charge in [-0.3, -0.25) is 0 Å². The highest BCUT2D eigenvalue weighted by atomic mass is 19.2. The van der Waals surface area contributed by atoms with Crippen LogP contribution in [-0.2, 0) is 5.41 Å². The number of hydrogen-bond acceptors (Lipinski definition) is 2. The maximum Gasteiger partial charge on any atom is 0.161 e. The van der Waals surface area contributed by atoms with Gasteiger partial charge in [-0.25, -0.2) is 13.8 Å². The van der Waals surface area contributed by atoms with E-state index in [0.717, 1.165) is 37.5 Å². The first kappa shape index (κ1) is 10.7. The zero-order valence-electron chi connectivity index (χ0n) is 9.48. The van der Waals surface area contributed by atoms with Crippen molar-refractivity contribution in [3.8, 4) is 0 Å². The van der Waals surface area contributed by atoms with Crippen LogP contribution in [0.1, 0.15) is 19.2 Å². The Morgan fingerprint density at radius 1 is 1.29 bits per heavy atom. The molecule has 1 unspecified atom stereocenters. The number of rotatable bonds is 1. The molecular formula is C12H13F2N3. The summed E-state index contributed by atoms with van der Waals surface area (Å²) in [5, 5.41) is 3.27. The average molecular weight is 237 g/mol. The van der Waals surface area contributed by atoms with Crippen molar-refractivity contribution in [2.45, 2.75) is 18.8 Å². The van der Waals surface area contributed by atoms with Gasteiger partial charge in [-0.2, -0.15) is 0 Å². The third-order valence-electron chi connectivity index (χ3n) is 3.46. The summed E-state index contributed by atoms with van der Waals surface area (Å²) in [6.45, 7) is 3.87. The van der Waals surface area contributed by atoms with E-state index in [1.165, 1.54) is 0 Å². The molecule has 2 aromatic rings. The molecule has 0 spiro atoms. The Bertz CT molecular complexity index is 531. The summed E-state index contributed by atoms with van der Waals surface area (Å²) in [6.07, 6.45) is 0.970. The van der Waals surface area contributed by atoms with E-state index >= 15 is 0 Å². The van der Waals surface area contributed by atoms with Crippen LogP contribution in [0.3, 0.4) is 0 Å². The number of nitrogens with zero attached hydrogens (tertiary/aromatic N) is 1. The second-order valence-corrected chi connectivity index (χ2v) is 4.86. The second-order valence-electron chi connectivity index (χ2n) is 4.86. The van der Waals surface area contributed by atoms with Crippen LogP contribution in [0.4, 0.5) is 8.78 Å². The van der Waals surface area contributed by atoms with Crippen LogP contribution in [0.2, 0.25) is 0 Å². The van der Waals surface area contributed by atoms with Crippen molar-refractivity contribution in [2.24, 2.45) is 0 Å². The SMILES string of the molecule is CC1(c2nc3cc(F)c(F)cc3[nH]2)CCNC1.